The van der Waals surface area contributed by atoms with E-state index >= 15 is 0 Å². The molecule has 1 saturated heterocycles. The van der Waals surface area contributed by atoms with E-state index in [9.17, 15) is 9.90 Å². The summed E-state index contributed by atoms with van der Waals surface area (Å²) in [6.45, 7) is 2.72. The SMILES string of the molecule is COc1ccc2ncc(Cl)c(CCN3CCC(NCc4ccc5c(n4)NC(=O)CO5)C(O)C3)c2c1.Cl.Cl. The van der Waals surface area contributed by atoms with Crippen LogP contribution in [-0.4, -0.2) is 71.4 Å². The molecule has 1 fully saturated rings. The van der Waals surface area contributed by atoms with Crippen LogP contribution in [0.5, 0.6) is 11.5 Å². The Bertz CT molecular complexity index is 1250. The topological polar surface area (TPSA) is 109 Å². The number of hydrogen-bond donors (Lipinski definition) is 3. The first-order valence-electron chi connectivity index (χ1n) is 11.7. The van der Waals surface area contributed by atoms with Gasteiger partial charge in [0.2, 0.25) is 0 Å². The number of rotatable bonds is 7. The van der Waals surface area contributed by atoms with Gasteiger partial charge in [-0.2, -0.15) is 0 Å². The fourth-order valence-electron chi connectivity index (χ4n) is 4.63. The molecule has 2 aliphatic rings. The standard InChI is InChI=1S/C25H28ClN5O4.2ClH/c1-34-16-3-4-20-18(10-16)17(19(26)12-28-20)6-8-31-9-7-21(22(32)13-31)27-11-15-2-5-23-25(29-15)30-24(33)14-35-23;;/h2-5,10,12,21-22,27,32H,6-9,11,13-14H2,1H3,(H,29,30,33);2*1H. The molecule has 0 radical (unpaired) electrons. The van der Waals surface area contributed by atoms with Gasteiger partial charge >= 0.3 is 0 Å². The second-order valence-electron chi connectivity index (χ2n) is 8.85. The van der Waals surface area contributed by atoms with E-state index < -0.39 is 6.10 Å². The van der Waals surface area contributed by atoms with Crippen LogP contribution in [0.2, 0.25) is 5.02 Å². The number of aromatic nitrogens is 2. The fraction of sp³-hybridized carbons (Fsp3) is 0.400. The summed E-state index contributed by atoms with van der Waals surface area (Å²) in [5.41, 5.74) is 2.70. The van der Waals surface area contributed by atoms with Crippen LogP contribution >= 0.6 is 36.4 Å². The van der Waals surface area contributed by atoms with E-state index in [0.29, 0.717) is 29.7 Å². The number of piperidine rings is 1. The Balaban J connectivity index is 0.00000190. The third-order valence-electron chi connectivity index (χ3n) is 6.56. The van der Waals surface area contributed by atoms with E-state index in [1.165, 1.54) is 0 Å². The normalized spacial score (nSPS) is 19.2. The highest BCUT2D eigenvalue weighted by Crippen LogP contribution is 2.29. The maximum Gasteiger partial charge on any atom is 0.263 e. The molecule has 37 heavy (non-hydrogen) atoms. The zero-order valence-corrected chi connectivity index (χ0v) is 22.7. The minimum atomic E-state index is -0.505. The Hall–Kier alpha value is -2.40. The fourth-order valence-corrected chi connectivity index (χ4v) is 4.87. The van der Waals surface area contributed by atoms with Crippen LogP contribution in [0, 0.1) is 0 Å². The molecule has 3 aromatic rings. The van der Waals surface area contributed by atoms with Gasteiger partial charge in [-0.15, -0.1) is 24.8 Å². The number of halogens is 3. The van der Waals surface area contributed by atoms with Gasteiger partial charge in [0.05, 0.1) is 29.4 Å². The number of methoxy groups -OCH3 is 1. The van der Waals surface area contributed by atoms with Crippen molar-refractivity contribution in [1.82, 2.24) is 20.2 Å². The second-order valence-corrected chi connectivity index (χ2v) is 9.26. The Labute approximate surface area is 232 Å². The molecule has 0 bridgehead atoms. The maximum absolute atomic E-state index is 11.5. The number of amides is 1. The van der Waals surface area contributed by atoms with Crippen molar-refractivity contribution in [2.45, 2.75) is 31.5 Å². The van der Waals surface area contributed by atoms with Crippen LogP contribution in [0.15, 0.2) is 36.5 Å². The number of ether oxygens (including phenoxy) is 2. The number of carbonyl (C=O) groups is 1. The summed E-state index contributed by atoms with van der Waals surface area (Å²) in [5.74, 6) is 1.57. The molecule has 12 heteroatoms. The van der Waals surface area contributed by atoms with Crippen molar-refractivity contribution in [1.29, 1.82) is 0 Å². The molecule has 1 aromatic carbocycles. The lowest BCUT2D eigenvalue weighted by molar-refractivity contribution is -0.118. The smallest absolute Gasteiger partial charge is 0.263 e. The summed E-state index contributed by atoms with van der Waals surface area (Å²) in [7, 11) is 1.65. The summed E-state index contributed by atoms with van der Waals surface area (Å²) in [4.78, 5) is 22.7. The minimum Gasteiger partial charge on any atom is -0.497 e. The molecule has 4 heterocycles. The molecule has 2 atom stereocenters. The predicted molar refractivity (Wildman–Crippen MR) is 148 cm³/mol. The maximum atomic E-state index is 11.5. The average molecular weight is 571 g/mol. The Morgan fingerprint density at radius 3 is 2.92 bits per heavy atom. The number of likely N-dealkylation sites (tertiary alicyclic amines) is 1. The molecule has 2 aromatic heterocycles. The zero-order valence-electron chi connectivity index (χ0n) is 20.3. The van der Waals surface area contributed by atoms with Crippen LogP contribution < -0.4 is 20.1 Å². The predicted octanol–water partition coefficient (Wildman–Crippen LogP) is 3.23. The lowest BCUT2D eigenvalue weighted by Crippen LogP contribution is -2.52. The zero-order chi connectivity index (χ0) is 24.4. The number of anilines is 1. The third-order valence-corrected chi connectivity index (χ3v) is 6.88. The highest BCUT2D eigenvalue weighted by atomic mass is 35.5. The number of nitrogens with one attached hydrogen (secondary N) is 2. The molecule has 0 saturated carbocycles. The number of nitrogens with zero attached hydrogens (tertiary/aromatic N) is 3. The largest absolute Gasteiger partial charge is 0.497 e. The number of fused-ring (bicyclic) bond motifs is 2. The lowest BCUT2D eigenvalue weighted by Gasteiger charge is -2.36. The van der Waals surface area contributed by atoms with Gasteiger partial charge in [-0.25, -0.2) is 4.98 Å². The highest BCUT2D eigenvalue weighted by Gasteiger charge is 2.27. The van der Waals surface area contributed by atoms with Crippen molar-refractivity contribution in [3.05, 3.63) is 52.8 Å². The van der Waals surface area contributed by atoms with Gasteiger partial charge < -0.3 is 30.1 Å². The highest BCUT2D eigenvalue weighted by molar-refractivity contribution is 6.32. The van der Waals surface area contributed by atoms with Crippen LogP contribution in [0.3, 0.4) is 0 Å². The first-order chi connectivity index (χ1) is 17.0. The molecule has 9 nitrogen and oxygen atoms in total. The van der Waals surface area contributed by atoms with Crippen LogP contribution in [0.25, 0.3) is 10.9 Å². The van der Waals surface area contributed by atoms with E-state index in [4.69, 9.17) is 21.1 Å². The number of hydrogen-bond acceptors (Lipinski definition) is 8. The molecule has 3 N–H and O–H groups in total. The Morgan fingerprint density at radius 1 is 1.30 bits per heavy atom. The second kappa shape index (κ2) is 12.9. The van der Waals surface area contributed by atoms with Gasteiger partial charge in [-0.3, -0.25) is 9.78 Å². The van der Waals surface area contributed by atoms with Crippen molar-refractivity contribution < 1.29 is 19.4 Å². The molecule has 2 aliphatic heterocycles. The van der Waals surface area contributed by atoms with Gasteiger partial charge in [0.15, 0.2) is 18.2 Å². The van der Waals surface area contributed by atoms with E-state index in [0.717, 1.165) is 53.8 Å². The van der Waals surface area contributed by atoms with E-state index in [1.807, 2.05) is 24.3 Å². The molecular weight excluding hydrogens is 541 g/mol. The molecule has 5 rings (SSSR count). The number of carbonyl (C=O) groups excluding carboxylic acids is 1. The quantitative estimate of drug-likeness (QED) is 0.397. The summed E-state index contributed by atoms with van der Waals surface area (Å²) < 4.78 is 10.7. The first-order valence-corrected chi connectivity index (χ1v) is 12.1. The number of pyridine rings is 2. The van der Waals surface area contributed by atoms with Gasteiger partial charge in [-0.1, -0.05) is 11.6 Å². The van der Waals surface area contributed by atoms with E-state index in [1.54, 1.807) is 19.4 Å². The molecular formula is C25H30Cl3N5O4. The number of aliphatic hydroxyl groups excluding tert-OH is 1. The van der Waals surface area contributed by atoms with E-state index in [2.05, 4.69) is 25.5 Å². The van der Waals surface area contributed by atoms with Crippen molar-refractivity contribution in [2.75, 3.05) is 38.7 Å². The van der Waals surface area contributed by atoms with Crippen molar-refractivity contribution >= 4 is 59.0 Å². The lowest BCUT2D eigenvalue weighted by atomic mass is 10.00. The van der Waals surface area contributed by atoms with Crippen LogP contribution in [0.1, 0.15) is 17.7 Å². The molecule has 200 valence electrons. The van der Waals surface area contributed by atoms with Crippen molar-refractivity contribution in [3.8, 4) is 11.5 Å². The Kier molecular flexibility index (Phi) is 10.2. The molecule has 1 amide bonds. The third kappa shape index (κ3) is 6.73. The number of aliphatic hydroxyl groups is 1. The molecule has 0 spiro atoms. The molecule has 0 aliphatic carbocycles. The van der Waals surface area contributed by atoms with Gasteiger partial charge in [0, 0.05) is 37.3 Å². The van der Waals surface area contributed by atoms with E-state index in [-0.39, 0.29) is 43.4 Å². The first kappa shape index (κ1) is 29.2. The minimum absolute atomic E-state index is 0. The summed E-state index contributed by atoms with van der Waals surface area (Å²) in [6, 6.07) is 9.44. The van der Waals surface area contributed by atoms with Gasteiger partial charge in [0.25, 0.3) is 5.91 Å². The number of β-amino-alcohol motifs (C(OH)–C–C–N with tert-alkyl or cyclic N) is 1. The molecule has 2 unspecified atom stereocenters. The Morgan fingerprint density at radius 2 is 2.14 bits per heavy atom. The average Bonchev–Trinajstić information content (AvgIpc) is 2.87. The summed E-state index contributed by atoms with van der Waals surface area (Å²) in [6.07, 6.45) is 2.75. The van der Waals surface area contributed by atoms with Crippen LogP contribution in [-0.2, 0) is 17.8 Å². The monoisotopic (exact) mass is 569 g/mol. The number of benzene rings is 1. The van der Waals surface area contributed by atoms with Crippen molar-refractivity contribution in [3.63, 3.8) is 0 Å². The van der Waals surface area contributed by atoms with Crippen LogP contribution in [0.4, 0.5) is 5.82 Å². The summed E-state index contributed by atoms with van der Waals surface area (Å²) in [5, 5.41) is 18.5. The summed E-state index contributed by atoms with van der Waals surface area (Å²) >= 11 is 6.50. The van der Waals surface area contributed by atoms with Gasteiger partial charge in [-0.05, 0) is 55.3 Å². The van der Waals surface area contributed by atoms with Crippen molar-refractivity contribution in [2.24, 2.45) is 0 Å². The van der Waals surface area contributed by atoms with Gasteiger partial charge in [0.1, 0.15) is 5.75 Å².